The number of methoxy groups -OCH3 is 1. The molecule has 0 saturated carbocycles. The lowest BCUT2D eigenvalue weighted by atomic mass is 10.0. The molecule has 0 aliphatic carbocycles. The fraction of sp³-hybridized carbons (Fsp3) is 0.211. The highest BCUT2D eigenvalue weighted by Gasteiger charge is 2.01. The van der Waals surface area contributed by atoms with E-state index in [0.717, 1.165) is 22.4 Å². The Labute approximate surface area is 131 Å². The largest absolute Gasteiger partial charge is 0.497 e. The number of carbonyl (C=O) groups is 1. The van der Waals surface area contributed by atoms with Gasteiger partial charge >= 0.3 is 5.97 Å². The zero-order chi connectivity index (χ0) is 15.8. The summed E-state index contributed by atoms with van der Waals surface area (Å²) in [6, 6.07) is 16.2. The normalized spacial score (nSPS) is 10.6. The first-order chi connectivity index (χ1) is 10.7. The third-order valence-electron chi connectivity index (χ3n) is 3.22. The van der Waals surface area contributed by atoms with E-state index in [1.54, 1.807) is 14.0 Å². The first kappa shape index (κ1) is 15.8. The fourth-order valence-electron chi connectivity index (χ4n) is 2.16. The molecule has 3 nitrogen and oxygen atoms in total. The quantitative estimate of drug-likeness (QED) is 0.596. The zero-order valence-corrected chi connectivity index (χ0v) is 12.9. The van der Waals surface area contributed by atoms with Crippen molar-refractivity contribution in [2.45, 2.75) is 13.3 Å². The van der Waals surface area contributed by atoms with Gasteiger partial charge in [0.25, 0.3) is 0 Å². The molecule has 2 aromatic carbocycles. The van der Waals surface area contributed by atoms with E-state index in [4.69, 9.17) is 9.47 Å². The van der Waals surface area contributed by atoms with E-state index < -0.39 is 0 Å². The first-order valence-corrected chi connectivity index (χ1v) is 7.29. The molecule has 0 N–H and O–H groups in total. The molecule has 2 aromatic rings. The summed E-state index contributed by atoms with van der Waals surface area (Å²) in [6.45, 7) is 2.19. The van der Waals surface area contributed by atoms with Crippen LogP contribution in [0.25, 0.3) is 11.1 Å². The highest BCUT2D eigenvalue weighted by atomic mass is 16.5. The van der Waals surface area contributed by atoms with Crippen LogP contribution in [0, 0.1) is 0 Å². The SMILES string of the molecule is CCOC(=O)C=CCc1cccc(-c2cccc(OC)c2)c1. The van der Waals surface area contributed by atoms with E-state index >= 15 is 0 Å². The van der Waals surface area contributed by atoms with Crippen molar-refractivity contribution >= 4 is 5.97 Å². The van der Waals surface area contributed by atoms with Gasteiger partial charge in [-0.15, -0.1) is 0 Å². The number of carbonyl (C=O) groups excluding carboxylic acids is 1. The van der Waals surface area contributed by atoms with Crippen molar-refractivity contribution in [3.8, 4) is 16.9 Å². The molecule has 0 atom stereocenters. The Kier molecular flexibility index (Phi) is 5.78. The molecule has 0 aliphatic rings. The van der Waals surface area contributed by atoms with Crippen LogP contribution in [0.3, 0.4) is 0 Å². The van der Waals surface area contributed by atoms with E-state index in [0.29, 0.717) is 13.0 Å². The lowest BCUT2D eigenvalue weighted by Crippen LogP contribution is -1.99. The third kappa shape index (κ3) is 4.48. The Hall–Kier alpha value is -2.55. The number of hydrogen-bond acceptors (Lipinski definition) is 3. The molecule has 0 unspecified atom stereocenters. The average molecular weight is 296 g/mol. The van der Waals surface area contributed by atoms with Crippen LogP contribution in [0.2, 0.25) is 0 Å². The van der Waals surface area contributed by atoms with Crippen LogP contribution in [-0.4, -0.2) is 19.7 Å². The summed E-state index contributed by atoms with van der Waals surface area (Å²) in [7, 11) is 1.66. The van der Waals surface area contributed by atoms with E-state index in [9.17, 15) is 4.79 Å². The molecule has 0 aliphatic heterocycles. The van der Waals surface area contributed by atoms with Crippen molar-refractivity contribution in [3.05, 3.63) is 66.2 Å². The maximum atomic E-state index is 11.3. The fourth-order valence-corrected chi connectivity index (χ4v) is 2.16. The first-order valence-electron chi connectivity index (χ1n) is 7.29. The predicted octanol–water partition coefficient (Wildman–Crippen LogP) is 4.02. The van der Waals surface area contributed by atoms with E-state index in [-0.39, 0.29) is 5.97 Å². The van der Waals surface area contributed by atoms with Crippen LogP contribution >= 0.6 is 0 Å². The van der Waals surface area contributed by atoms with Crippen molar-refractivity contribution in [1.82, 2.24) is 0 Å². The summed E-state index contributed by atoms with van der Waals surface area (Å²) in [6.07, 6.45) is 3.99. The van der Waals surface area contributed by atoms with Crippen molar-refractivity contribution in [1.29, 1.82) is 0 Å². The minimum Gasteiger partial charge on any atom is -0.497 e. The van der Waals surface area contributed by atoms with Crippen LogP contribution in [0.1, 0.15) is 12.5 Å². The molecule has 0 radical (unpaired) electrons. The van der Waals surface area contributed by atoms with Crippen molar-refractivity contribution in [3.63, 3.8) is 0 Å². The van der Waals surface area contributed by atoms with Crippen LogP contribution in [0.4, 0.5) is 0 Å². The topological polar surface area (TPSA) is 35.5 Å². The van der Waals surface area contributed by atoms with Gasteiger partial charge in [-0.25, -0.2) is 4.79 Å². The molecule has 0 aromatic heterocycles. The van der Waals surface area contributed by atoms with Crippen LogP contribution in [0.5, 0.6) is 5.75 Å². The van der Waals surface area contributed by atoms with Gasteiger partial charge in [0.2, 0.25) is 0 Å². The summed E-state index contributed by atoms with van der Waals surface area (Å²) in [5.41, 5.74) is 3.37. The van der Waals surface area contributed by atoms with Crippen LogP contribution in [-0.2, 0) is 16.0 Å². The number of esters is 1. The highest BCUT2D eigenvalue weighted by Crippen LogP contribution is 2.24. The summed E-state index contributed by atoms with van der Waals surface area (Å²) >= 11 is 0. The molecule has 0 amide bonds. The van der Waals surface area contributed by atoms with E-state index in [2.05, 4.69) is 18.2 Å². The van der Waals surface area contributed by atoms with Gasteiger partial charge in [0.05, 0.1) is 13.7 Å². The van der Waals surface area contributed by atoms with Gasteiger partial charge in [0.15, 0.2) is 0 Å². The predicted molar refractivity (Wildman–Crippen MR) is 87.9 cm³/mol. The van der Waals surface area contributed by atoms with Crippen molar-refractivity contribution < 1.29 is 14.3 Å². The van der Waals surface area contributed by atoms with Gasteiger partial charge in [0.1, 0.15) is 5.75 Å². The van der Waals surface area contributed by atoms with Gasteiger partial charge in [-0.05, 0) is 42.2 Å². The second-order valence-electron chi connectivity index (χ2n) is 4.79. The molecular formula is C19H20O3. The Bertz CT molecular complexity index is 659. The summed E-state index contributed by atoms with van der Waals surface area (Å²) in [4.78, 5) is 11.3. The van der Waals surface area contributed by atoms with Gasteiger partial charge in [-0.3, -0.25) is 0 Å². The number of rotatable bonds is 6. The Balaban J connectivity index is 2.11. The molecule has 3 heteroatoms. The highest BCUT2D eigenvalue weighted by molar-refractivity contribution is 5.81. The standard InChI is InChI=1S/C19H20O3/c1-3-22-19(20)12-5-8-15-7-4-9-16(13-15)17-10-6-11-18(14-17)21-2/h4-7,9-14H,3,8H2,1-2H3. The van der Waals surface area contributed by atoms with Crippen LogP contribution in [0.15, 0.2) is 60.7 Å². The molecule has 0 bridgehead atoms. The number of benzene rings is 2. The van der Waals surface area contributed by atoms with Crippen LogP contribution < -0.4 is 4.74 Å². The lowest BCUT2D eigenvalue weighted by molar-refractivity contribution is -0.137. The molecule has 22 heavy (non-hydrogen) atoms. The van der Waals surface area contributed by atoms with E-state index in [1.807, 2.05) is 36.4 Å². The second-order valence-corrected chi connectivity index (χ2v) is 4.79. The molecule has 2 rings (SSSR count). The molecular weight excluding hydrogens is 276 g/mol. The number of ether oxygens (including phenoxy) is 2. The molecule has 0 heterocycles. The molecule has 0 fully saturated rings. The summed E-state index contributed by atoms with van der Waals surface area (Å²) in [5, 5.41) is 0. The zero-order valence-electron chi connectivity index (χ0n) is 12.9. The summed E-state index contributed by atoms with van der Waals surface area (Å²) in [5.74, 6) is 0.538. The van der Waals surface area contributed by atoms with E-state index in [1.165, 1.54) is 6.08 Å². The van der Waals surface area contributed by atoms with Gasteiger partial charge in [-0.2, -0.15) is 0 Å². The minimum atomic E-state index is -0.300. The maximum absolute atomic E-state index is 11.3. The summed E-state index contributed by atoms with van der Waals surface area (Å²) < 4.78 is 10.1. The average Bonchev–Trinajstić information content (AvgIpc) is 2.55. The molecule has 114 valence electrons. The minimum absolute atomic E-state index is 0.300. The second kappa shape index (κ2) is 8.03. The van der Waals surface area contributed by atoms with Gasteiger partial charge in [0, 0.05) is 6.08 Å². The lowest BCUT2D eigenvalue weighted by Gasteiger charge is -2.06. The molecule has 0 spiro atoms. The Morgan fingerprint density at radius 1 is 1.09 bits per heavy atom. The molecule has 0 saturated heterocycles. The monoisotopic (exact) mass is 296 g/mol. The van der Waals surface area contributed by atoms with Gasteiger partial charge in [-0.1, -0.05) is 42.5 Å². The smallest absolute Gasteiger partial charge is 0.330 e. The Morgan fingerprint density at radius 3 is 2.55 bits per heavy atom. The van der Waals surface area contributed by atoms with Crippen molar-refractivity contribution in [2.24, 2.45) is 0 Å². The Morgan fingerprint density at radius 2 is 1.82 bits per heavy atom. The van der Waals surface area contributed by atoms with Crippen molar-refractivity contribution in [2.75, 3.05) is 13.7 Å². The third-order valence-corrected chi connectivity index (χ3v) is 3.22. The number of hydrogen-bond donors (Lipinski definition) is 0. The van der Waals surface area contributed by atoms with Gasteiger partial charge < -0.3 is 9.47 Å². The maximum Gasteiger partial charge on any atom is 0.330 e. The number of allylic oxidation sites excluding steroid dienone is 1.